The van der Waals surface area contributed by atoms with Gasteiger partial charge in [0, 0.05) is 12.6 Å². The summed E-state index contributed by atoms with van der Waals surface area (Å²) in [6.45, 7) is 0. The standard InChI is InChI=1S/C14H11ClF3NO3S/c1-23(20,21)22-11-4-2-9(3-5-11)6-13-12(15)7-10(8-19-13)14(16,17)18/h2-5,7-8H,6H2,1H3. The molecule has 1 aromatic carbocycles. The first-order valence-corrected chi connectivity index (χ1v) is 8.44. The molecule has 0 aliphatic carbocycles. The van der Waals surface area contributed by atoms with Crippen molar-refractivity contribution in [1.29, 1.82) is 0 Å². The maximum Gasteiger partial charge on any atom is 0.417 e. The third-order valence-electron chi connectivity index (χ3n) is 2.79. The normalized spacial score (nSPS) is 12.2. The van der Waals surface area contributed by atoms with Crippen LogP contribution in [0.25, 0.3) is 0 Å². The molecule has 0 N–H and O–H groups in total. The lowest BCUT2D eigenvalue weighted by atomic mass is 10.1. The molecule has 9 heteroatoms. The van der Waals surface area contributed by atoms with Gasteiger partial charge in [-0.15, -0.1) is 0 Å². The second-order valence-corrected chi connectivity index (χ2v) is 6.74. The summed E-state index contributed by atoms with van der Waals surface area (Å²) >= 11 is 5.84. The van der Waals surface area contributed by atoms with Crippen molar-refractivity contribution in [3.8, 4) is 5.75 Å². The second-order valence-electron chi connectivity index (χ2n) is 4.76. The topological polar surface area (TPSA) is 56.3 Å². The maximum atomic E-state index is 12.5. The van der Waals surface area contributed by atoms with Crippen molar-refractivity contribution >= 4 is 21.7 Å². The Labute approximate surface area is 136 Å². The fourth-order valence-electron chi connectivity index (χ4n) is 1.78. The van der Waals surface area contributed by atoms with E-state index in [9.17, 15) is 21.6 Å². The number of alkyl halides is 3. The summed E-state index contributed by atoms with van der Waals surface area (Å²) in [6, 6.07) is 6.86. The van der Waals surface area contributed by atoms with Crippen LogP contribution in [0.4, 0.5) is 13.2 Å². The molecular weight excluding hydrogens is 355 g/mol. The summed E-state index contributed by atoms with van der Waals surface area (Å²) in [4.78, 5) is 3.74. The Hall–Kier alpha value is -1.80. The molecule has 0 fully saturated rings. The van der Waals surface area contributed by atoms with Crippen LogP contribution in [-0.2, 0) is 22.7 Å². The lowest BCUT2D eigenvalue weighted by Gasteiger charge is -2.09. The van der Waals surface area contributed by atoms with Crippen molar-refractivity contribution in [2.45, 2.75) is 12.6 Å². The monoisotopic (exact) mass is 365 g/mol. The molecule has 23 heavy (non-hydrogen) atoms. The minimum Gasteiger partial charge on any atom is -0.383 e. The van der Waals surface area contributed by atoms with Gasteiger partial charge in [0.25, 0.3) is 0 Å². The van der Waals surface area contributed by atoms with Gasteiger partial charge >= 0.3 is 16.3 Å². The number of halogens is 4. The molecule has 0 bridgehead atoms. The van der Waals surface area contributed by atoms with Crippen LogP contribution in [0.3, 0.4) is 0 Å². The minimum atomic E-state index is -4.50. The third-order valence-corrected chi connectivity index (χ3v) is 3.61. The van der Waals surface area contributed by atoms with Crippen LogP contribution in [0.2, 0.25) is 5.02 Å². The van der Waals surface area contributed by atoms with E-state index in [0.717, 1.165) is 18.5 Å². The fraction of sp³-hybridized carbons (Fsp3) is 0.214. The van der Waals surface area contributed by atoms with Crippen LogP contribution < -0.4 is 4.18 Å². The molecule has 0 radical (unpaired) electrons. The third kappa shape index (κ3) is 5.11. The van der Waals surface area contributed by atoms with Gasteiger partial charge in [0.2, 0.25) is 0 Å². The van der Waals surface area contributed by atoms with E-state index in [1.807, 2.05) is 0 Å². The average Bonchev–Trinajstić information content (AvgIpc) is 2.40. The first-order valence-electron chi connectivity index (χ1n) is 6.24. The van der Waals surface area contributed by atoms with Gasteiger partial charge in [-0.2, -0.15) is 21.6 Å². The van der Waals surface area contributed by atoms with E-state index >= 15 is 0 Å². The van der Waals surface area contributed by atoms with Gasteiger partial charge in [-0.1, -0.05) is 23.7 Å². The van der Waals surface area contributed by atoms with E-state index in [0.29, 0.717) is 5.56 Å². The van der Waals surface area contributed by atoms with Crippen molar-refractivity contribution in [3.63, 3.8) is 0 Å². The highest BCUT2D eigenvalue weighted by Crippen LogP contribution is 2.31. The minimum absolute atomic E-state index is 0.0868. The highest BCUT2D eigenvalue weighted by molar-refractivity contribution is 7.86. The molecule has 0 unspecified atom stereocenters. The van der Waals surface area contributed by atoms with Gasteiger partial charge in [0.1, 0.15) is 5.75 Å². The van der Waals surface area contributed by atoms with Gasteiger partial charge in [-0.3, -0.25) is 4.98 Å². The molecule has 4 nitrogen and oxygen atoms in total. The zero-order chi connectivity index (χ0) is 17.3. The van der Waals surface area contributed by atoms with E-state index in [2.05, 4.69) is 9.17 Å². The molecule has 0 saturated carbocycles. The molecule has 0 saturated heterocycles. The molecule has 0 atom stereocenters. The van der Waals surface area contributed by atoms with Crippen LogP contribution in [-0.4, -0.2) is 19.7 Å². The lowest BCUT2D eigenvalue weighted by Crippen LogP contribution is -2.07. The Morgan fingerprint density at radius 1 is 1.22 bits per heavy atom. The molecular formula is C14H11ClF3NO3S. The summed E-state index contributed by atoms with van der Waals surface area (Å²) in [7, 11) is -3.61. The van der Waals surface area contributed by atoms with Gasteiger partial charge in [-0.25, -0.2) is 0 Å². The number of benzene rings is 1. The summed E-state index contributed by atoms with van der Waals surface area (Å²) in [5, 5.41) is -0.0868. The zero-order valence-corrected chi connectivity index (χ0v) is 13.3. The van der Waals surface area contributed by atoms with E-state index < -0.39 is 21.9 Å². The van der Waals surface area contributed by atoms with Crippen LogP contribution >= 0.6 is 11.6 Å². The number of rotatable bonds is 4. The number of hydrogen-bond acceptors (Lipinski definition) is 4. The van der Waals surface area contributed by atoms with Crippen molar-refractivity contribution < 1.29 is 25.8 Å². The van der Waals surface area contributed by atoms with Crippen LogP contribution in [0, 0.1) is 0 Å². The highest BCUT2D eigenvalue weighted by Gasteiger charge is 2.31. The van der Waals surface area contributed by atoms with Crippen LogP contribution in [0.1, 0.15) is 16.8 Å². The Morgan fingerprint density at radius 3 is 2.30 bits per heavy atom. The second kappa shape index (κ2) is 6.37. The summed E-state index contributed by atoms with van der Waals surface area (Å²) in [6.07, 6.45) is -2.65. The van der Waals surface area contributed by atoms with Gasteiger partial charge in [0.05, 0.1) is 22.5 Å². The van der Waals surface area contributed by atoms with Gasteiger partial charge in [-0.05, 0) is 23.8 Å². The SMILES string of the molecule is CS(=O)(=O)Oc1ccc(Cc2ncc(C(F)(F)F)cc2Cl)cc1. The Kier molecular flexibility index (Phi) is 4.86. The maximum absolute atomic E-state index is 12.5. The van der Waals surface area contributed by atoms with E-state index in [1.54, 1.807) is 12.1 Å². The number of pyridine rings is 1. The van der Waals surface area contributed by atoms with Crippen molar-refractivity contribution in [1.82, 2.24) is 4.98 Å². The largest absolute Gasteiger partial charge is 0.417 e. The number of nitrogens with zero attached hydrogens (tertiary/aromatic N) is 1. The first kappa shape index (κ1) is 17.6. The van der Waals surface area contributed by atoms with E-state index in [-0.39, 0.29) is 22.9 Å². The van der Waals surface area contributed by atoms with Crippen molar-refractivity contribution in [2.75, 3.05) is 6.26 Å². The Balaban J connectivity index is 2.16. The predicted octanol–water partition coefficient (Wildman–Crippen LogP) is 3.68. The fourth-order valence-corrected chi connectivity index (χ4v) is 2.48. The van der Waals surface area contributed by atoms with Gasteiger partial charge in [0.15, 0.2) is 0 Å². The Morgan fingerprint density at radius 2 is 1.83 bits per heavy atom. The summed E-state index contributed by atoms with van der Waals surface area (Å²) in [5.74, 6) is 0.141. The molecule has 1 aromatic heterocycles. The first-order chi connectivity index (χ1) is 10.5. The summed E-state index contributed by atoms with van der Waals surface area (Å²) < 4.78 is 64.3. The van der Waals surface area contributed by atoms with Gasteiger partial charge < -0.3 is 4.18 Å². The lowest BCUT2D eigenvalue weighted by molar-refractivity contribution is -0.137. The highest BCUT2D eigenvalue weighted by atomic mass is 35.5. The molecule has 0 amide bonds. The van der Waals surface area contributed by atoms with Crippen LogP contribution in [0.15, 0.2) is 36.5 Å². The van der Waals surface area contributed by atoms with Crippen molar-refractivity contribution in [3.05, 3.63) is 58.4 Å². The zero-order valence-electron chi connectivity index (χ0n) is 11.8. The van der Waals surface area contributed by atoms with E-state index in [1.165, 1.54) is 12.1 Å². The molecule has 0 aliphatic rings. The summed E-state index contributed by atoms with van der Waals surface area (Å²) in [5.41, 5.74) is 0.0691. The molecule has 1 heterocycles. The molecule has 124 valence electrons. The quantitative estimate of drug-likeness (QED) is 0.775. The molecule has 2 aromatic rings. The molecule has 0 spiro atoms. The van der Waals surface area contributed by atoms with Crippen molar-refractivity contribution in [2.24, 2.45) is 0 Å². The smallest absolute Gasteiger partial charge is 0.383 e. The van der Waals surface area contributed by atoms with E-state index in [4.69, 9.17) is 11.6 Å². The number of aromatic nitrogens is 1. The van der Waals surface area contributed by atoms with Crippen LogP contribution in [0.5, 0.6) is 5.75 Å². The predicted molar refractivity (Wildman–Crippen MR) is 79.0 cm³/mol. The average molecular weight is 366 g/mol. The molecule has 2 rings (SSSR count). The Bertz CT molecular complexity index is 805. The molecule has 0 aliphatic heterocycles. The number of hydrogen-bond donors (Lipinski definition) is 0.